The molecule has 14 nitrogen and oxygen atoms in total. The van der Waals surface area contributed by atoms with Gasteiger partial charge in [-0.15, -0.1) is 0 Å². The Hall–Kier alpha value is -3.16. The Balaban J connectivity index is 1.62. The van der Waals surface area contributed by atoms with E-state index in [4.69, 9.17) is 28.9 Å². The van der Waals surface area contributed by atoms with E-state index in [1.165, 1.54) is 6.92 Å². The third-order valence-corrected chi connectivity index (χ3v) is 11.5. The number of fused-ring (bicyclic) bond motifs is 1. The highest BCUT2D eigenvalue weighted by molar-refractivity contribution is 6.00. The minimum absolute atomic E-state index is 0.00613. The molecule has 0 bridgehead atoms. The van der Waals surface area contributed by atoms with E-state index in [0.717, 1.165) is 5.56 Å². The van der Waals surface area contributed by atoms with Crippen LogP contribution in [-0.2, 0) is 39.8 Å². The largest absolute Gasteiger partial charge is 0.458 e. The molecule has 3 heterocycles. The van der Waals surface area contributed by atoms with Gasteiger partial charge in [0.15, 0.2) is 17.7 Å². The number of likely N-dealkylation sites (N-methyl/N-ethyl adjacent to an activating group) is 1. The third-order valence-electron chi connectivity index (χ3n) is 11.5. The standard InChI is InChI=1S/C39H61N5O9/c1-11-30-39(7)33(43-37(48)53-39)25(5)42-19-22(2)17-38(6,49-10)34(23(3)31(45)24(4)35(47)51-30)52-36-32(46)29(44(8)9)16-28(50-36)21-41-20-27-14-12-26(18-40)13-15-27/h12-15,22-25,28-30,32-34,36,41-42,46H,11,16-17,19-21H2,1-10H3,(H,43,48)/t22-,23+,24?,25-,28?,29?,30-,32?,33-,34-,36+,38-,39-/m1/s1. The van der Waals surface area contributed by atoms with Crippen molar-refractivity contribution in [3.8, 4) is 6.07 Å². The van der Waals surface area contributed by atoms with E-state index in [2.05, 4.69) is 28.9 Å². The second-order valence-electron chi connectivity index (χ2n) is 15.8. The number of carbonyl (C=O) groups is 3. The molecule has 296 valence electrons. The lowest BCUT2D eigenvalue weighted by Gasteiger charge is -2.47. The lowest BCUT2D eigenvalue weighted by molar-refractivity contribution is -0.297. The number of Topliss-reactive ketones (excluding diaryl/α,β-unsaturated/α-hetero) is 1. The summed E-state index contributed by atoms with van der Waals surface area (Å²) in [7, 11) is 5.36. The second kappa shape index (κ2) is 18.0. The maximum absolute atomic E-state index is 14.3. The fraction of sp³-hybridized carbons (Fsp3) is 0.744. The summed E-state index contributed by atoms with van der Waals surface area (Å²) in [4.78, 5) is 42.5. The highest BCUT2D eigenvalue weighted by Gasteiger charge is 2.55. The van der Waals surface area contributed by atoms with E-state index >= 15 is 0 Å². The number of ether oxygens (including phenoxy) is 5. The molecule has 1 aromatic carbocycles. The fourth-order valence-corrected chi connectivity index (χ4v) is 8.23. The van der Waals surface area contributed by atoms with Gasteiger partial charge in [0.2, 0.25) is 0 Å². The number of hydrogen-bond donors (Lipinski definition) is 4. The maximum atomic E-state index is 14.3. The Morgan fingerprint density at radius 2 is 1.79 bits per heavy atom. The van der Waals surface area contributed by atoms with Crippen molar-refractivity contribution in [3.05, 3.63) is 35.4 Å². The van der Waals surface area contributed by atoms with Crippen LogP contribution in [0.1, 0.15) is 78.9 Å². The van der Waals surface area contributed by atoms with Crippen molar-refractivity contribution in [2.45, 2.75) is 134 Å². The highest BCUT2D eigenvalue weighted by Crippen LogP contribution is 2.37. The number of benzene rings is 1. The summed E-state index contributed by atoms with van der Waals surface area (Å²) in [5, 5.41) is 30.7. The Labute approximate surface area is 314 Å². The molecule has 14 heteroatoms. The molecule has 13 atom stereocenters. The van der Waals surface area contributed by atoms with Crippen LogP contribution >= 0.6 is 0 Å². The number of aliphatic hydroxyl groups is 1. The van der Waals surface area contributed by atoms with Crippen LogP contribution in [0.15, 0.2) is 24.3 Å². The molecule has 3 aliphatic rings. The second-order valence-corrected chi connectivity index (χ2v) is 15.8. The van der Waals surface area contributed by atoms with E-state index in [-0.39, 0.29) is 24.1 Å². The van der Waals surface area contributed by atoms with Crippen molar-refractivity contribution >= 4 is 17.8 Å². The van der Waals surface area contributed by atoms with E-state index < -0.39 is 71.5 Å². The number of nitriles is 1. The van der Waals surface area contributed by atoms with Crippen LogP contribution in [0, 0.1) is 29.1 Å². The van der Waals surface area contributed by atoms with E-state index in [0.29, 0.717) is 44.5 Å². The number of cyclic esters (lactones) is 1. The summed E-state index contributed by atoms with van der Waals surface area (Å²) in [5.74, 6) is -3.21. The minimum Gasteiger partial charge on any atom is -0.458 e. The van der Waals surface area contributed by atoms with Crippen LogP contribution in [0.3, 0.4) is 0 Å². The molecule has 4 N–H and O–H groups in total. The number of nitrogens with zero attached hydrogens (tertiary/aromatic N) is 2. The number of amides is 1. The van der Waals surface area contributed by atoms with Crippen molar-refractivity contribution in [3.63, 3.8) is 0 Å². The van der Waals surface area contributed by atoms with Gasteiger partial charge in [-0.25, -0.2) is 4.79 Å². The molecule has 1 amide bonds. The zero-order chi connectivity index (χ0) is 39.2. The number of esters is 1. The number of methoxy groups -OCH3 is 1. The minimum atomic E-state index is -1.18. The van der Waals surface area contributed by atoms with Gasteiger partial charge < -0.3 is 49.6 Å². The van der Waals surface area contributed by atoms with Gasteiger partial charge in [-0.05, 0) is 91.2 Å². The first-order chi connectivity index (χ1) is 25.0. The average molecular weight is 744 g/mol. The summed E-state index contributed by atoms with van der Waals surface area (Å²) >= 11 is 0. The molecule has 4 unspecified atom stereocenters. The maximum Gasteiger partial charge on any atom is 0.408 e. The molecule has 0 aliphatic carbocycles. The van der Waals surface area contributed by atoms with Crippen LogP contribution in [0.5, 0.6) is 0 Å². The molecule has 0 radical (unpaired) electrons. The molecule has 0 spiro atoms. The van der Waals surface area contributed by atoms with Crippen LogP contribution in [0.4, 0.5) is 4.79 Å². The van der Waals surface area contributed by atoms with E-state index in [1.807, 2.05) is 51.9 Å². The predicted molar refractivity (Wildman–Crippen MR) is 196 cm³/mol. The number of ketones is 1. The van der Waals surface area contributed by atoms with E-state index in [1.54, 1.807) is 33.1 Å². The molecule has 3 saturated heterocycles. The summed E-state index contributed by atoms with van der Waals surface area (Å²) in [6, 6.07) is 8.40. The fourth-order valence-electron chi connectivity index (χ4n) is 8.23. The first-order valence-corrected chi connectivity index (χ1v) is 18.8. The monoisotopic (exact) mass is 743 g/mol. The molecule has 0 aromatic heterocycles. The molecular formula is C39H61N5O9. The summed E-state index contributed by atoms with van der Waals surface area (Å²) in [6.45, 7) is 14.3. The van der Waals surface area contributed by atoms with Crippen molar-refractivity contribution in [2.75, 3.05) is 34.3 Å². The van der Waals surface area contributed by atoms with Gasteiger partial charge in [0.1, 0.15) is 18.1 Å². The van der Waals surface area contributed by atoms with Gasteiger partial charge in [-0.2, -0.15) is 5.26 Å². The summed E-state index contributed by atoms with van der Waals surface area (Å²) < 4.78 is 31.2. The first-order valence-electron chi connectivity index (χ1n) is 18.8. The number of carbonyl (C=O) groups excluding carboxylic acids is 3. The molecule has 3 fully saturated rings. The zero-order valence-corrected chi connectivity index (χ0v) is 33.0. The van der Waals surface area contributed by atoms with Crippen LogP contribution in [0.25, 0.3) is 0 Å². The smallest absolute Gasteiger partial charge is 0.408 e. The predicted octanol–water partition coefficient (Wildman–Crippen LogP) is 2.89. The molecule has 3 aliphatic heterocycles. The normalized spacial score (nSPS) is 38.8. The lowest BCUT2D eigenvalue weighted by Crippen LogP contribution is -2.60. The van der Waals surface area contributed by atoms with Gasteiger partial charge in [-0.1, -0.05) is 32.9 Å². The van der Waals surface area contributed by atoms with Crippen LogP contribution in [-0.4, -0.2) is 122 Å². The lowest BCUT2D eigenvalue weighted by atomic mass is 9.78. The van der Waals surface area contributed by atoms with Gasteiger partial charge in [0.25, 0.3) is 0 Å². The van der Waals surface area contributed by atoms with Gasteiger partial charge in [0.05, 0.1) is 35.5 Å². The topological polar surface area (TPSA) is 181 Å². The zero-order valence-electron chi connectivity index (χ0n) is 33.0. The van der Waals surface area contributed by atoms with Crippen LogP contribution in [0.2, 0.25) is 0 Å². The molecule has 53 heavy (non-hydrogen) atoms. The Bertz CT molecular complexity index is 1460. The number of rotatable bonds is 9. The molecule has 4 rings (SSSR count). The number of aliphatic hydroxyl groups excluding tert-OH is 1. The highest BCUT2D eigenvalue weighted by atomic mass is 16.7. The van der Waals surface area contributed by atoms with E-state index in [9.17, 15) is 19.5 Å². The average Bonchev–Trinajstić information content (AvgIpc) is 3.45. The number of alkyl carbamates (subject to hydrolysis) is 1. The van der Waals surface area contributed by atoms with Gasteiger partial charge in [-0.3, -0.25) is 9.59 Å². The van der Waals surface area contributed by atoms with Crippen molar-refractivity contribution in [2.24, 2.45) is 17.8 Å². The quantitative estimate of drug-likeness (QED) is 0.215. The van der Waals surface area contributed by atoms with Crippen molar-refractivity contribution in [1.29, 1.82) is 5.26 Å². The molecular weight excluding hydrogens is 682 g/mol. The van der Waals surface area contributed by atoms with Crippen molar-refractivity contribution < 1.29 is 43.2 Å². The summed E-state index contributed by atoms with van der Waals surface area (Å²) in [5.41, 5.74) is -0.634. The van der Waals surface area contributed by atoms with Gasteiger partial charge in [0, 0.05) is 38.2 Å². The van der Waals surface area contributed by atoms with Crippen molar-refractivity contribution in [1.82, 2.24) is 20.9 Å². The Kier molecular flexibility index (Phi) is 14.4. The van der Waals surface area contributed by atoms with Gasteiger partial charge >= 0.3 is 12.1 Å². The molecule has 0 saturated carbocycles. The SMILES string of the molecule is CC[C@H]1OC(=O)C(C)C(=O)[C@H](C)[C@@H](O[C@@H]2OC(CNCc3ccc(C#N)cc3)CC(N(C)C)C2O)[C@](C)(OC)C[C@@H](C)CN[C@H](C)[C@H]2NC(=O)O[C@@]21C. The summed E-state index contributed by atoms with van der Waals surface area (Å²) in [6.07, 6.45) is -3.52. The number of hydrogen-bond acceptors (Lipinski definition) is 13. The van der Waals surface area contributed by atoms with Crippen LogP contribution < -0.4 is 16.0 Å². The number of nitrogens with one attached hydrogen (secondary N) is 3. The first kappa shape index (κ1) is 42.6. The Morgan fingerprint density at radius 1 is 1.11 bits per heavy atom. The molecule has 1 aromatic rings. The third kappa shape index (κ3) is 9.75. The Morgan fingerprint density at radius 3 is 2.40 bits per heavy atom.